The molecule has 0 radical (unpaired) electrons. The van der Waals surface area contributed by atoms with Gasteiger partial charge in [-0.05, 0) is 0 Å². The number of nitrogens with two attached hydrogens (primary N) is 3. The van der Waals surface area contributed by atoms with Crippen molar-refractivity contribution >= 4 is 216 Å². The molecule has 40 heteroatoms. The van der Waals surface area contributed by atoms with Gasteiger partial charge in [0.25, 0.3) is 0 Å². The average Bonchev–Trinajstić information content (AvgIpc) is 0.715. The van der Waals surface area contributed by atoms with E-state index in [9.17, 15) is 0 Å². The van der Waals surface area contributed by atoms with Crippen LogP contribution in [-0.2, 0) is 90.2 Å². The second kappa shape index (κ2) is 39.9. The van der Waals surface area contributed by atoms with E-state index in [4.69, 9.17) is 15.4 Å². The van der Waals surface area contributed by atoms with E-state index in [2.05, 4.69) is 0 Å². The SMILES string of the molecule is CCN(CC)S(=O)(=O)c1cccc[c]1[Bi]([c]1ccccc1S(=O)(=O)N(CC)CC)[c]1ccc[c]([Bi]([c]2ccc[c]([Bi]([c]3ccccc3S(=O)(=O)N(CC)CC)[c]3ccccc3S(=O)(=O)N(CC)CC)c2S(N)(=O)=O)[c]2ccc[c]([Bi]([c]3ccccc3S(=O)(=O)N(CC)CC)[c]3ccccc3S(=O)(=O)N(CC)CC)c2S(N)(=O)=O)c1S(N)(=O)=O. The Bertz CT molecular complexity index is 5460. The van der Waals surface area contributed by atoms with E-state index in [1.54, 1.807) is 83.1 Å². The van der Waals surface area contributed by atoms with Gasteiger partial charge in [0.2, 0.25) is 0 Å². The molecule has 118 heavy (non-hydrogen) atoms. The van der Waals surface area contributed by atoms with Gasteiger partial charge in [-0.25, -0.2) is 0 Å². The molecule has 9 rings (SSSR count). The third kappa shape index (κ3) is 19.4. The van der Waals surface area contributed by atoms with Gasteiger partial charge in [0.15, 0.2) is 0 Å². The predicted octanol–water partition coefficient (Wildman–Crippen LogP) is -0.123. The molecule has 9 aromatic rings. The number of rotatable bonds is 39. The number of primary sulfonamides is 3. The van der Waals surface area contributed by atoms with Gasteiger partial charge >= 0.3 is 739 Å². The predicted molar refractivity (Wildman–Crippen MR) is 471 cm³/mol. The molecule has 0 heterocycles. The van der Waals surface area contributed by atoms with Crippen molar-refractivity contribution in [2.24, 2.45) is 15.4 Å². The summed E-state index contributed by atoms with van der Waals surface area (Å²) in [6, 6.07) is 46.5. The molecule has 0 aliphatic carbocycles. The average molecular weight is 2580 g/mol. The maximum absolute atomic E-state index is 16.3. The number of hydrogen-bond donors (Lipinski definition) is 3. The molecule has 0 spiro atoms. The zero-order chi connectivity index (χ0) is 87.2. The molecular formula is C78H99Bi4N9O18S9. The van der Waals surface area contributed by atoms with Crippen LogP contribution in [0.3, 0.4) is 0 Å². The Morgan fingerprint density at radius 2 is 0.297 bits per heavy atom. The Morgan fingerprint density at radius 1 is 0.186 bits per heavy atom. The molecule has 0 amide bonds. The van der Waals surface area contributed by atoms with Crippen LogP contribution in [0.25, 0.3) is 0 Å². The topological polar surface area (TPSA) is 405 Å². The van der Waals surface area contributed by atoms with E-state index < -0.39 is 192 Å². The van der Waals surface area contributed by atoms with Crippen LogP contribution in [0.2, 0.25) is 0 Å². The fourth-order valence-electron chi connectivity index (χ4n) is 14.4. The third-order valence-electron chi connectivity index (χ3n) is 19.8. The van der Waals surface area contributed by atoms with Gasteiger partial charge in [0.1, 0.15) is 0 Å². The van der Waals surface area contributed by atoms with E-state index >= 15 is 75.8 Å². The molecule has 0 saturated carbocycles. The standard InChI is InChI=1S/6C10H14NO2S.3C6H5NO2S.4Bi/c6*1-3-11(4-2)14(12,13)10-8-6-5-7-9-10;3*7-10(8,9)6-4-2-1-3-5-6;;;;/h6*5-8H,3-4H2,1-2H3;3*1-3H,(H2,7,8,9);;;;. The van der Waals surface area contributed by atoms with Gasteiger partial charge in [-0.2, -0.15) is 0 Å². The molecular weight excluding hydrogens is 2480 g/mol. The fraction of sp³-hybridized carbons (Fsp3) is 0.308. The summed E-state index contributed by atoms with van der Waals surface area (Å²) in [7, 11) is -44.4. The minimum absolute atomic E-state index is 0.000636. The van der Waals surface area contributed by atoms with Gasteiger partial charge in [-0.15, -0.1) is 0 Å². The van der Waals surface area contributed by atoms with E-state index in [1.807, 2.05) is 0 Å². The Hall–Kier alpha value is -4.30. The molecule has 638 valence electrons. The molecule has 6 N–H and O–H groups in total. The normalized spacial score (nSPS) is 13.3. The first-order valence-corrected chi connectivity index (χ1v) is 71.9. The molecule has 0 unspecified atom stereocenters. The maximum atomic E-state index is 16.3. The van der Waals surface area contributed by atoms with Crippen molar-refractivity contribution in [3.8, 4) is 0 Å². The summed E-state index contributed by atoms with van der Waals surface area (Å²) >= 11 is -22.6. The Kier molecular flexibility index (Phi) is 33.0. The van der Waals surface area contributed by atoms with E-state index in [1.165, 1.54) is 226 Å². The Morgan fingerprint density at radius 3 is 0.415 bits per heavy atom. The molecule has 0 bridgehead atoms. The fourth-order valence-corrected chi connectivity index (χ4v) is 94.3. The van der Waals surface area contributed by atoms with Crippen LogP contribution in [0.15, 0.2) is 244 Å². The van der Waals surface area contributed by atoms with Gasteiger partial charge in [0, 0.05) is 0 Å². The van der Waals surface area contributed by atoms with Crippen molar-refractivity contribution in [2.75, 3.05) is 78.5 Å². The number of sulfonamides is 9. The Balaban J connectivity index is 1.66. The Labute approximate surface area is 730 Å². The van der Waals surface area contributed by atoms with Crippen LogP contribution in [0.1, 0.15) is 83.1 Å². The van der Waals surface area contributed by atoms with Crippen molar-refractivity contribution in [3.05, 3.63) is 200 Å². The summed E-state index contributed by atoms with van der Waals surface area (Å²) < 4.78 is 289. The molecule has 0 saturated heterocycles. The summed E-state index contributed by atoms with van der Waals surface area (Å²) in [5, 5.41) is 20.6. The first kappa shape index (κ1) is 97.5. The summed E-state index contributed by atoms with van der Waals surface area (Å²) in [4.78, 5) is -4.45. The molecule has 0 atom stereocenters. The summed E-state index contributed by atoms with van der Waals surface area (Å²) in [6.45, 7) is 18.5. The number of benzene rings is 9. The van der Waals surface area contributed by atoms with E-state index in [0.29, 0.717) is 0 Å². The van der Waals surface area contributed by atoms with Crippen LogP contribution in [0, 0.1) is 0 Å². The first-order chi connectivity index (χ1) is 55.6. The van der Waals surface area contributed by atoms with Crippen LogP contribution in [0.5, 0.6) is 0 Å². The molecule has 0 aliphatic rings. The third-order valence-corrected chi connectivity index (χ3v) is 83.2. The van der Waals surface area contributed by atoms with E-state index in [0.717, 1.165) is 0 Å². The molecule has 9 aromatic carbocycles. The summed E-state index contributed by atoms with van der Waals surface area (Å²) in [5.74, 6) is 0. The van der Waals surface area contributed by atoms with Crippen molar-refractivity contribution < 1.29 is 75.8 Å². The quantitative estimate of drug-likeness (QED) is 0.0423. The van der Waals surface area contributed by atoms with Crippen LogP contribution < -0.4 is 54.7 Å². The van der Waals surface area contributed by atoms with Crippen molar-refractivity contribution in [3.63, 3.8) is 0 Å². The van der Waals surface area contributed by atoms with E-state index in [-0.39, 0.29) is 147 Å². The van der Waals surface area contributed by atoms with Gasteiger partial charge in [-0.1, -0.05) is 0 Å². The van der Waals surface area contributed by atoms with Crippen LogP contribution >= 0.6 is 0 Å². The summed E-state index contributed by atoms with van der Waals surface area (Å²) in [5.41, 5.74) is 0. The second-order valence-corrected chi connectivity index (χ2v) is 75.0. The minimum atomic E-state index is -6.21. The van der Waals surface area contributed by atoms with Gasteiger partial charge < -0.3 is 0 Å². The molecule has 0 fully saturated rings. The summed E-state index contributed by atoms with van der Waals surface area (Å²) in [6.07, 6.45) is 0. The molecule has 0 aliphatic heterocycles. The second-order valence-electron chi connectivity index (χ2n) is 26.2. The van der Waals surface area contributed by atoms with Crippen LogP contribution in [-0.4, -0.2) is 267 Å². The zero-order valence-corrected chi connectivity index (χ0v) is 88.5. The first-order valence-electron chi connectivity index (χ1n) is 37.8. The van der Waals surface area contributed by atoms with Crippen molar-refractivity contribution in [2.45, 2.75) is 127 Å². The van der Waals surface area contributed by atoms with Crippen LogP contribution in [0.4, 0.5) is 0 Å². The van der Waals surface area contributed by atoms with Gasteiger partial charge in [0.05, 0.1) is 0 Å². The van der Waals surface area contributed by atoms with Crippen molar-refractivity contribution in [1.82, 2.24) is 25.8 Å². The van der Waals surface area contributed by atoms with Gasteiger partial charge in [-0.3, -0.25) is 0 Å². The molecule has 0 aromatic heterocycles. The molecule has 27 nitrogen and oxygen atoms in total. The monoisotopic (exact) mass is 2570 g/mol. The number of nitrogens with zero attached hydrogens (tertiary/aromatic N) is 6. The number of hydrogen-bond acceptors (Lipinski definition) is 18. The van der Waals surface area contributed by atoms with Crippen molar-refractivity contribution in [1.29, 1.82) is 0 Å². The zero-order valence-electron chi connectivity index (χ0n) is 67.3.